The van der Waals surface area contributed by atoms with E-state index in [1.54, 1.807) is 13.8 Å². The molecule has 14 heteroatoms. The van der Waals surface area contributed by atoms with Gasteiger partial charge in [-0.25, -0.2) is 4.79 Å². The van der Waals surface area contributed by atoms with Gasteiger partial charge in [0, 0.05) is 12.2 Å². The van der Waals surface area contributed by atoms with Crippen molar-refractivity contribution in [3.05, 3.63) is 0 Å². The lowest BCUT2D eigenvalue weighted by Gasteiger charge is -2.24. The van der Waals surface area contributed by atoms with Gasteiger partial charge in [0.1, 0.15) is 18.1 Å². The van der Waals surface area contributed by atoms with Crippen LogP contribution in [0.25, 0.3) is 0 Å². The molecule has 0 fully saturated rings. The summed E-state index contributed by atoms with van der Waals surface area (Å²) >= 11 is 3.97. The summed E-state index contributed by atoms with van der Waals surface area (Å²) in [5, 5.41) is 25.0. The number of amides is 4. The van der Waals surface area contributed by atoms with Crippen LogP contribution in [-0.2, 0) is 28.8 Å². The molecule has 32 heavy (non-hydrogen) atoms. The molecule has 4 amide bonds. The van der Waals surface area contributed by atoms with Gasteiger partial charge >= 0.3 is 11.9 Å². The first-order valence-electron chi connectivity index (χ1n) is 9.78. The molecule has 0 saturated carbocycles. The van der Waals surface area contributed by atoms with E-state index in [9.17, 15) is 33.9 Å². The number of rotatable bonds is 15. The van der Waals surface area contributed by atoms with Gasteiger partial charge in [0.25, 0.3) is 0 Å². The summed E-state index contributed by atoms with van der Waals surface area (Å²) in [6.07, 6.45) is -0.967. The standard InChI is InChI=1S/C18H31N5O8S/c1-8(2)5-11(18(30)31)22-17(29)12(7-32)23-16(28)10(6-14(25)26)21-15(27)9(19)3-4-13(20)24/h8-12,32H,3-7,19H2,1-2H3,(H2,20,24)(H,21,27)(H,22,29)(H,23,28)(H,25,26)(H,30,31). The van der Waals surface area contributed by atoms with E-state index in [-0.39, 0.29) is 30.9 Å². The second-order valence-corrected chi connectivity index (χ2v) is 7.91. The molecule has 4 unspecified atom stereocenters. The molecule has 0 aliphatic carbocycles. The van der Waals surface area contributed by atoms with Crippen LogP contribution in [-0.4, -0.2) is 75.7 Å². The summed E-state index contributed by atoms with van der Waals surface area (Å²) in [5.41, 5.74) is 10.6. The van der Waals surface area contributed by atoms with Crippen molar-refractivity contribution in [1.82, 2.24) is 16.0 Å². The number of hydrogen-bond donors (Lipinski definition) is 8. The van der Waals surface area contributed by atoms with Crippen LogP contribution in [0, 0.1) is 5.92 Å². The van der Waals surface area contributed by atoms with Gasteiger partial charge in [0.05, 0.1) is 12.5 Å². The number of primary amides is 1. The van der Waals surface area contributed by atoms with Gasteiger partial charge in [-0.3, -0.25) is 24.0 Å². The SMILES string of the molecule is CC(C)CC(NC(=O)C(CS)NC(=O)C(CC(=O)O)NC(=O)C(N)CCC(N)=O)C(=O)O. The van der Waals surface area contributed by atoms with Crippen LogP contribution < -0.4 is 27.4 Å². The fourth-order valence-electron chi connectivity index (χ4n) is 2.52. The minimum Gasteiger partial charge on any atom is -0.481 e. The maximum absolute atomic E-state index is 12.5. The molecular weight excluding hydrogens is 446 g/mol. The van der Waals surface area contributed by atoms with Gasteiger partial charge in [-0.1, -0.05) is 13.8 Å². The van der Waals surface area contributed by atoms with Crippen LogP contribution in [0.5, 0.6) is 0 Å². The monoisotopic (exact) mass is 477 g/mol. The third kappa shape index (κ3) is 11.5. The third-order valence-electron chi connectivity index (χ3n) is 4.19. The maximum Gasteiger partial charge on any atom is 0.326 e. The zero-order valence-corrected chi connectivity index (χ0v) is 18.8. The summed E-state index contributed by atoms with van der Waals surface area (Å²) in [6, 6.07) is -5.29. The number of thiol groups is 1. The summed E-state index contributed by atoms with van der Waals surface area (Å²) in [5.74, 6) is -6.34. The molecule has 0 rings (SSSR count). The van der Waals surface area contributed by atoms with E-state index in [0.29, 0.717) is 0 Å². The topological polar surface area (TPSA) is 231 Å². The third-order valence-corrected chi connectivity index (χ3v) is 4.55. The lowest BCUT2D eigenvalue weighted by Crippen LogP contribution is -2.58. The number of hydrogen-bond acceptors (Lipinski definition) is 8. The summed E-state index contributed by atoms with van der Waals surface area (Å²) in [4.78, 5) is 70.4. The van der Waals surface area contributed by atoms with E-state index in [2.05, 4.69) is 28.6 Å². The zero-order valence-electron chi connectivity index (χ0n) is 17.9. The second-order valence-electron chi connectivity index (χ2n) is 7.54. The van der Waals surface area contributed by atoms with E-state index >= 15 is 0 Å². The molecule has 9 N–H and O–H groups in total. The van der Waals surface area contributed by atoms with E-state index < -0.39 is 66.2 Å². The van der Waals surface area contributed by atoms with Crippen LogP contribution in [0.15, 0.2) is 0 Å². The van der Waals surface area contributed by atoms with Crippen LogP contribution in [0.1, 0.15) is 39.5 Å². The van der Waals surface area contributed by atoms with Gasteiger partial charge in [-0.15, -0.1) is 0 Å². The van der Waals surface area contributed by atoms with Crippen molar-refractivity contribution >= 4 is 48.2 Å². The summed E-state index contributed by atoms with van der Waals surface area (Å²) in [7, 11) is 0. The molecule has 0 bridgehead atoms. The Morgan fingerprint density at radius 2 is 1.38 bits per heavy atom. The summed E-state index contributed by atoms with van der Waals surface area (Å²) in [6.45, 7) is 3.54. The number of carboxylic acids is 2. The highest BCUT2D eigenvalue weighted by atomic mass is 32.1. The number of aliphatic carboxylic acids is 2. The van der Waals surface area contributed by atoms with Crippen molar-refractivity contribution in [3.63, 3.8) is 0 Å². The minimum atomic E-state index is -1.58. The number of carbonyl (C=O) groups excluding carboxylic acids is 4. The first-order chi connectivity index (χ1) is 14.8. The molecule has 0 radical (unpaired) electrons. The maximum atomic E-state index is 12.5. The number of nitrogens with two attached hydrogens (primary N) is 2. The minimum absolute atomic E-state index is 0.0330. The van der Waals surface area contributed by atoms with Crippen molar-refractivity contribution in [2.24, 2.45) is 17.4 Å². The predicted octanol–water partition coefficient (Wildman–Crippen LogP) is -2.43. The first kappa shape index (κ1) is 29.1. The second kappa shape index (κ2) is 14.2. The Bertz CT molecular complexity index is 717. The van der Waals surface area contributed by atoms with Crippen LogP contribution >= 0.6 is 12.6 Å². The molecule has 0 heterocycles. The van der Waals surface area contributed by atoms with E-state index in [1.165, 1.54) is 0 Å². The Kier molecular flexibility index (Phi) is 13.0. The Balaban J connectivity index is 5.24. The van der Waals surface area contributed by atoms with Crippen LogP contribution in [0.3, 0.4) is 0 Å². The Hall–Kier alpha value is -2.87. The van der Waals surface area contributed by atoms with Crippen LogP contribution in [0.4, 0.5) is 0 Å². The number of carbonyl (C=O) groups is 6. The molecule has 182 valence electrons. The molecule has 0 aromatic heterocycles. The Morgan fingerprint density at radius 3 is 1.81 bits per heavy atom. The van der Waals surface area contributed by atoms with Gasteiger partial charge in [-0.05, 0) is 18.8 Å². The molecule has 0 aliphatic heterocycles. The van der Waals surface area contributed by atoms with Crippen molar-refractivity contribution in [1.29, 1.82) is 0 Å². The first-order valence-corrected chi connectivity index (χ1v) is 10.4. The predicted molar refractivity (Wildman–Crippen MR) is 115 cm³/mol. The highest BCUT2D eigenvalue weighted by Gasteiger charge is 2.31. The van der Waals surface area contributed by atoms with E-state index in [4.69, 9.17) is 16.6 Å². The Morgan fingerprint density at radius 1 is 0.875 bits per heavy atom. The largest absolute Gasteiger partial charge is 0.481 e. The number of nitrogens with one attached hydrogen (secondary N) is 3. The summed E-state index contributed by atoms with van der Waals surface area (Å²) < 4.78 is 0. The number of carboxylic acid groups (broad SMARTS) is 2. The normalized spacial score (nSPS) is 14.5. The molecule has 0 aromatic rings. The molecule has 4 atom stereocenters. The van der Waals surface area contributed by atoms with E-state index in [1.807, 2.05) is 0 Å². The Labute approximate surface area is 190 Å². The van der Waals surface area contributed by atoms with Gasteiger partial charge in [0.2, 0.25) is 23.6 Å². The van der Waals surface area contributed by atoms with E-state index in [0.717, 1.165) is 0 Å². The van der Waals surface area contributed by atoms with Crippen molar-refractivity contribution in [2.75, 3.05) is 5.75 Å². The average Bonchev–Trinajstić information content (AvgIpc) is 2.67. The smallest absolute Gasteiger partial charge is 0.326 e. The van der Waals surface area contributed by atoms with Crippen molar-refractivity contribution in [2.45, 2.75) is 63.7 Å². The molecule has 0 aliphatic rings. The van der Waals surface area contributed by atoms with Gasteiger partial charge in [0.15, 0.2) is 0 Å². The lowest BCUT2D eigenvalue weighted by molar-refractivity contribution is -0.143. The lowest BCUT2D eigenvalue weighted by atomic mass is 10.0. The fourth-order valence-corrected chi connectivity index (χ4v) is 2.78. The molecule has 0 aromatic carbocycles. The molecular formula is C18H31N5O8S. The highest BCUT2D eigenvalue weighted by molar-refractivity contribution is 7.80. The van der Waals surface area contributed by atoms with Crippen molar-refractivity contribution < 1.29 is 39.0 Å². The fraction of sp³-hybridized carbons (Fsp3) is 0.667. The van der Waals surface area contributed by atoms with Gasteiger partial charge in [-0.2, -0.15) is 12.6 Å². The molecule has 0 saturated heterocycles. The zero-order chi connectivity index (χ0) is 25.0. The highest BCUT2D eigenvalue weighted by Crippen LogP contribution is 2.06. The van der Waals surface area contributed by atoms with Crippen molar-refractivity contribution in [3.8, 4) is 0 Å². The molecule has 0 spiro atoms. The molecule has 13 nitrogen and oxygen atoms in total. The quantitative estimate of drug-likeness (QED) is 0.117. The van der Waals surface area contributed by atoms with Gasteiger partial charge < -0.3 is 37.6 Å². The van der Waals surface area contributed by atoms with Crippen LogP contribution in [0.2, 0.25) is 0 Å². The average molecular weight is 478 g/mol.